The molecule has 1 aromatic heterocycles. The molecule has 0 atom stereocenters. The highest BCUT2D eigenvalue weighted by molar-refractivity contribution is 9.10. The minimum atomic E-state index is -0.0305. The smallest absolute Gasteiger partial charge is 0.275 e. The van der Waals surface area contributed by atoms with E-state index in [1.165, 1.54) is 32.1 Å². The van der Waals surface area contributed by atoms with E-state index in [9.17, 15) is 4.79 Å². The molecule has 1 N–H and O–H groups in total. The summed E-state index contributed by atoms with van der Waals surface area (Å²) >= 11 is 3.51. The second-order valence-corrected chi connectivity index (χ2v) is 7.75. The van der Waals surface area contributed by atoms with Gasteiger partial charge in [-0.1, -0.05) is 33.1 Å². The molecule has 0 saturated heterocycles. The SMILES string of the molecule is CC(C)c1[nH]nc(C(=O)N(C)CCN(C)C2CCCCC2)c1Br. The molecule has 0 aromatic carbocycles. The minimum absolute atomic E-state index is 0.0305. The molecule has 0 aliphatic heterocycles. The Morgan fingerprint density at radius 2 is 1.91 bits per heavy atom. The van der Waals surface area contributed by atoms with Crippen LogP contribution in [-0.2, 0) is 0 Å². The summed E-state index contributed by atoms with van der Waals surface area (Å²) in [5.41, 5.74) is 1.46. The van der Waals surface area contributed by atoms with Crippen LogP contribution in [0.2, 0.25) is 0 Å². The van der Waals surface area contributed by atoms with E-state index in [2.05, 4.69) is 51.9 Å². The first kappa shape index (κ1) is 18.5. The molecule has 130 valence electrons. The van der Waals surface area contributed by atoms with Gasteiger partial charge in [-0.3, -0.25) is 9.89 Å². The Hall–Kier alpha value is -0.880. The van der Waals surface area contributed by atoms with Crippen molar-refractivity contribution in [2.45, 2.75) is 57.9 Å². The number of hydrogen-bond acceptors (Lipinski definition) is 3. The summed E-state index contributed by atoms with van der Waals surface area (Å²) in [6, 6.07) is 0.678. The number of likely N-dealkylation sites (N-methyl/N-ethyl adjacent to an activating group) is 2. The molecule has 1 aliphatic rings. The van der Waals surface area contributed by atoms with Gasteiger partial charge in [-0.25, -0.2) is 0 Å². The number of nitrogens with one attached hydrogen (secondary N) is 1. The maximum Gasteiger partial charge on any atom is 0.275 e. The summed E-state index contributed by atoms with van der Waals surface area (Å²) in [6.45, 7) is 5.79. The van der Waals surface area contributed by atoms with Crippen molar-refractivity contribution in [3.63, 3.8) is 0 Å². The van der Waals surface area contributed by atoms with Crippen LogP contribution < -0.4 is 0 Å². The normalized spacial score (nSPS) is 16.3. The van der Waals surface area contributed by atoms with Gasteiger partial charge in [-0.2, -0.15) is 5.10 Å². The first-order chi connectivity index (χ1) is 10.9. The van der Waals surface area contributed by atoms with E-state index in [4.69, 9.17) is 0 Å². The van der Waals surface area contributed by atoms with Crippen molar-refractivity contribution in [2.24, 2.45) is 0 Å². The average molecular weight is 385 g/mol. The topological polar surface area (TPSA) is 52.2 Å². The standard InChI is InChI=1S/C17H29BrN4O/c1-12(2)15-14(18)16(20-19-15)17(23)22(4)11-10-21(3)13-8-6-5-7-9-13/h12-13H,5-11H2,1-4H3,(H,19,20). The molecule has 1 aromatic rings. The van der Waals surface area contributed by atoms with E-state index in [0.29, 0.717) is 17.7 Å². The Balaban J connectivity index is 1.89. The summed E-state index contributed by atoms with van der Waals surface area (Å²) < 4.78 is 0.796. The van der Waals surface area contributed by atoms with Gasteiger partial charge in [-0.15, -0.1) is 0 Å². The number of carbonyl (C=O) groups excluding carboxylic acids is 1. The predicted octanol–water partition coefficient (Wildman–Crippen LogP) is 3.63. The molecule has 5 nitrogen and oxygen atoms in total. The molecule has 1 heterocycles. The number of H-pyrrole nitrogens is 1. The lowest BCUT2D eigenvalue weighted by molar-refractivity contribution is 0.0761. The van der Waals surface area contributed by atoms with Crippen LogP contribution in [0.4, 0.5) is 0 Å². The predicted molar refractivity (Wildman–Crippen MR) is 96.8 cm³/mol. The molecule has 1 aliphatic carbocycles. The molecule has 0 bridgehead atoms. The number of amides is 1. The van der Waals surface area contributed by atoms with Crippen molar-refractivity contribution in [3.8, 4) is 0 Å². The summed E-state index contributed by atoms with van der Waals surface area (Å²) in [6.07, 6.45) is 6.62. The number of nitrogens with zero attached hydrogens (tertiary/aromatic N) is 3. The van der Waals surface area contributed by atoms with Gasteiger partial charge < -0.3 is 9.80 Å². The van der Waals surface area contributed by atoms with Crippen molar-refractivity contribution >= 4 is 21.8 Å². The van der Waals surface area contributed by atoms with Gasteiger partial charge >= 0.3 is 0 Å². The van der Waals surface area contributed by atoms with E-state index in [0.717, 1.165) is 23.3 Å². The molecular formula is C17H29BrN4O. The molecule has 6 heteroatoms. The van der Waals surface area contributed by atoms with Crippen LogP contribution >= 0.6 is 15.9 Å². The zero-order chi connectivity index (χ0) is 17.0. The molecule has 1 amide bonds. The molecule has 0 radical (unpaired) electrons. The molecule has 0 unspecified atom stereocenters. The largest absolute Gasteiger partial charge is 0.339 e. The number of hydrogen-bond donors (Lipinski definition) is 1. The van der Waals surface area contributed by atoms with Crippen LogP contribution in [-0.4, -0.2) is 59.1 Å². The lowest BCUT2D eigenvalue weighted by atomic mass is 9.94. The zero-order valence-electron chi connectivity index (χ0n) is 14.7. The summed E-state index contributed by atoms with van der Waals surface area (Å²) in [4.78, 5) is 16.8. The van der Waals surface area contributed by atoms with Crippen LogP contribution in [0.25, 0.3) is 0 Å². The molecule has 0 spiro atoms. The van der Waals surface area contributed by atoms with Crippen molar-refractivity contribution < 1.29 is 4.79 Å². The van der Waals surface area contributed by atoms with Gasteiger partial charge in [0.2, 0.25) is 0 Å². The van der Waals surface area contributed by atoms with Gasteiger partial charge in [0, 0.05) is 26.2 Å². The van der Waals surface area contributed by atoms with Gasteiger partial charge in [-0.05, 0) is 41.7 Å². The number of carbonyl (C=O) groups is 1. The highest BCUT2D eigenvalue weighted by atomic mass is 79.9. The fourth-order valence-corrected chi connectivity index (χ4v) is 3.97. The third kappa shape index (κ3) is 4.57. The average Bonchev–Trinajstić information content (AvgIpc) is 2.94. The molecule has 1 saturated carbocycles. The Morgan fingerprint density at radius 3 is 2.48 bits per heavy atom. The fourth-order valence-electron chi connectivity index (χ4n) is 3.16. The van der Waals surface area contributed by atoms with Crippen molar-refractivity contribution in [3.05, 3.63) is 15.9 Å². The van der Waals surface area contributed by atoms with Crippen molar-refractivity contribution in [1.29, 1.82) is 0 Å². The van der Waals surface area contributed by atoms with E-state index >= 15 is 0 Å². The zero-order valence-corrected chi connectivity index (χ0v) is 16.3. The van der Waals surface area contributed by atoms with Gasteiger partial charge in [0.25, 0.3) is 5.91 Å². The van der Waals surface area contributed by atoms with Crippen molar-refractivity contribution in [1.82, 2.24) is 20.0 Å². The lowest BCUT2D eigenvalue weighted by Crippen LogP contribution is -2.40. The summed E-state index contributed by atoms with van der Waals surface area (Å²) in [7, 11) is 4.03. The van der Waals surface area contributed by atoms with Crippen LogP contribution in [0.1, 0.15) is 68.1 Å². The number of aromatic nitrogens is 2. The van der Waals surface area contributed by atoms with Gasteiger partial charge in [0.05, 0.1) is 10.2 Å². The number of halogens is 1. The molecule has 23 heavy (non-hydrogen) atoms. The second-order valence-electron chi connectivity index (χ2n) is 6.95. The Labute approximate surface area is 147 Å². The summed E-state index contributed by atoms with van der Waals surface area (Å²) in [5.74, 6) is 0.276. The maximum atomic E-state index is 12.6. The minimum Gasteiger partial charge on any atom is -0.339 e. The number of rotatable bonds is 6. The Morgan fingerprint density at radius 1 is 1.26 bits per heavy atom. The lowest BCUT2D eigenvalue weighted by Gasteiger charge is -2.32. The highest BCUT2D eigenvalue weighted by Gasteiger charge is 2.23. The Bertz CT molecular complexity index is 523. The Kier molecular flexibility index (Phi) is 6.65. The quantitative estimate of drug-likeness (QED) is 0.814. The third-order valence-electron chi connectivity index (χ3n) is 4.85. The summed E-state index contributed by atoms with van der Waals surface area (Å²) in [5, 5.41) is 7.17. The first-order valence-corrected chi connectivity index (χ1v) is 9.40. The molecular weight excluding hydrogens is 356 g/mol. The van der Waals surface area contributed by atoms with Crippen LogP contribution in [0, 0.1) is 0 Å². The van der Waals surface area contributed by atoms with Crippen LogP contribution in [0.3, 0.4) is 0 Å². The van der Waals surface area contributed by atoms with E-state index in [1.54, 1.807) is 4.90 Å². The second kappa shape index (κ2) is 8.29. The highest BCUT2D eigenvalue weighted by Crippen LogP contribution is 2.26. The van der Waals surface area contributed by atoms with Gasteiger partial charge in [0.1, 0.15) is 0 Å². The molecule has 2 rings (SSSR count). The van der Waals surface area contributed by atoms with Gasteiger partial charge in [0.15, 0.2) is 5.69 Å². The van der Waals surface area contributed by atoms with Crippen LogP contribution in [0.5, 0.6) is 0 Å². The van der Waals surface area contributed by atoms with E-state index < -0.39 is 0 Å². The first-order valence-electron chi connectivity index (χ1n) is 8.61. The fraction of sp³-hybridized carbons (Fsp3) is 0.765. The van der Waals surface area contributed by atoms with E-state index in [1.807, 2.05) is 7.05 Å². The molecule has 1 fully saturated rings. The van der Waals surface area contributed by atoms with Crippen LogP contribution in [0.15, 0.2) is 4.47 Å². The number of aromatic amines is 1. The van der Waals surface area contributed by atoms with Crippen molar-refractivity contribution in [2.75, 3.05) is 27.2 Å². The third-order valence-corrected chi connectivity index (χ3v) is 5.65. The maximum absolute atomic E-state index is 12.6. The van der Waals surface area contributed by atoms with E-state index in [-0.39, 0.29) is 5.91 Å². The monoisotopic (exact) mass is 384 g/mol.